The third-order valence-electron chi connectivity index (χ3n) is 2.41. The topological polar surface area (TPSA) is 101 Å². The van der Waals surface area contributed by atoms with Crippen molar-refractivity contribution in [3.63, 3.8) is 0 Å². The molecule has 0 spiro atoms. The lowest BCUT2D eigenvalue weighted by Gasteiger charge is -2.06. The molecule has 0 aliphatic rings. The molecular formula is C10H15N3O4. The van der Waals surface area contributed by atoms with Crippen molar-refractivity contribution in [2.75, 3.05) is 6.61 Å². The summed E-state index contributed by atoms with van der Waals surface area (Å²) in [5, 5.41) is 29.3. The maximum absolute atomic E-state index is 10.7. The van der Waals surface area contributed by atoms with Crippen molar-refractivity contribution < 1.29 is 15.2 Å². The predicted octanol–water partition coefficient (Wildman–Crippen LogP) is 0.614. The molecule has 1 heterocycles. The Kier molecular flexibility index (Phi) is 4.22. The summed E-state index contributed by atoms with van der Waals surface area (Å²) in [4.78, 5) is 14.2. The van der Waals surface area contributed by atoms with Crippen LogP contribution in [-0.4, -0.2) is 32.6 Å². The maximum Gasteiger partial charge on any atom is 0.277 e. The highest BCUT2D eigenvalue weighted by Crippen LogP contribution is 2.13. The van der Waals surface area contributed by atoms with Gasteiger partial charge < -0.3 is 10.3 Å². The molecule has 0 unspecified atom stereocenters. The van der Waals surface area contributed by atoms with Gasteiger partial charge in [0.2, 0.25) is 0 Å². The zero-order chi connectivity index (χ0) is 13.0. The highest BCUT2D eigenvalue weighted by Gasteiger charge is 2.12. The summed E-state index contributed by atoms with van der Waals surface area (Å²) < 4.78 is 0.723. The van der Waals surface area contributed by atoms with Gasteiger partial charge >= 0.3 is 0 Å². The molecule has 17 heavy (non-hydrogen) atoms. The van der Waals surface area contributed by atoms with Crippen LogP contribution >= 0.6 is 0 Å². The second-order valence-electron chi connectivity index (χ2n) is 3.68. The number of pyridine rings is 1. The Morgan fingerprint density at radius 2 is 2.29 bits per heavy atom. The molecule has 0 aliphatic carbocycles. The highest BCUT2D eigenvalue weighted by molar-refractivity contribution is 5.35. The lowest BCUT2D eigenvalue weighted by Crippen LogP contribution is -2.24. The van der Waals surface area contributed by atoms with Gasteiger partial charge in [0.25, 0.3) is 5.69 Å². The van der Waals surface area contributed by atoms with Crippen molar-refractivity contribution in [1.29, 1.82) is 0 Å². The molecule has 1 aromatic rings. The van der Waals surface area contributed by atoms with Gasteiger partial charge in [-0.15, -0.1) is 0 Å². The average Bonchev–Trinajstić information content (AvgIpc) is 2.27. The van der Waals surface area contributed by atoms with Crippen molar-refractivity contribution in [3.8, 4) is 0 Å². The first-order chi connectivity index (χ1) is 7.99. The highest BCUT2D eigenvalue weighted by atomic mass is 16.6. The van der Waals surface area contributed by atoms with Gasteiger partial charge in [-0.3, -0.25) is 15.1 Å². The summed E-state index contributed by atoms with van der Waals surface area (Å²) in [5.41, 5.74) is 0.290. The molecule has 0 bridgehead atoms. The molecule has 7 heteroatoms. The van der Waals surface area contributed by atoms with Crippen molar-refractivity contribution in [1.82, 2.24) is 4.73 Å². The van der Waals surface area contributed by atoms with Crippen molar-refractivity contribution in [2.45, 2.75) is 26.3 Å². The Bertz CT molecular complexity index is 477. The van der Waals surface area contributed by atoms with Crippen LogP contribution in [0.15, 0.2) is 17.3 Å². The van der Waals surface area contributed by atoms with E-state index in [9.17, 15) is 15.3 Å². The van der Waals surface area contributed by atoms with E-state index in [4.69, 9.17) is 5.11 Å². The first-order valence-corrected chi connectivity index (χ1v) is 5.21. The van der Waals surface area contributed by atoms with Crippen LogP contribution in [-0.2, 0) is 0 Å². The molecule has 94 valence electrons. The molecular weight excluding hydrogens is 226 g/mol. The molecule has 0 aromatic carbocycles. The van der Waals surface area contributed by atoms with Crippen molar-refractivity contribution >= 4 is 5.69 Å². The lowest BCUT2D eigenvalue weighted by atomic mass is 10.2. The van der Waals surface area contributed by atoms with Gasteiger partial charge in [0.1, 0.15) is 0 Å². The predicted molar refractivity (Wildman–Crippen MR) is 59.7 cm³/mol. The Balaban J connectivity index is 3.34. The number of rotatable bonds is 4. The summed E-state index contributed by atoms with van der Waals surface area (Å²) in [5.74, 6) is 0. The number of aliphatic hydroxyl groups is 1. The van der Waals surface area contributed by atoms with E-state index in [2.05, 4.69) is 4.99 Å². The van der Waals surface area contributed by atoms with Gasteiger partial charge in [-0.25, -0.2) is 0 Å². The Morgan fingerprint density at radius 3 is 2.76 bits per heavy atom. The Labute approximate surface area is 97.8 Å². The molecule has 0 aliphatic heterocycles. The van der Waals surface area contributed by atoms with Crippen LogP contribution in [0.2, 0.25) is 0 Å². The van der Waals surface area contributed by atoms with E-state index in [0.717, 1.165) is 4.73 Å². The van der Waals surface area contributed by atoms with E-state index < -0.39 is 4.92 Å². The molecule has 7 nitrogen and oxygen atoms in total. The third-order valence-corrected chi connectivity index (χ3v) is 2.41. The fraction of sp³-hybridized carbons (Fsp3) is 0.500. The van der Waals surface area contributed by atoms with Crippen LogP contribution < -0.4 is 5.49 Å². The molecule has 0 amide bonds. The summed E-state index contributed by atoms with van der Waals surface area (Å²) >= 11 is 0. The van der Waals surface area contributed by atoms with Crippen LogP contribution in [0.5, 0.6) is 0 Å². The number of aliphatic hydroxyl groups excluding tert-OH is 1. The van der Waals surface area contributed by atoms with Crippen molar-refractivity contribution in [2.24, 2.45) is 4.99 Å². The van der Waals surface area contributed by atoms with E-state index in [0.29, 0.717) is 12.0 Å². The SMILES string of the molecule is CC[C@@H](CO)N=c1cc([N+](=O)[O-])c(C)cn1O. The number of aryl methyl sites for hydroxylation is 1. The Morgan fingerprint density at radius 1 is 1.65 bits per heavy atom. The van der Waals surface area contributed by atoms with Gasteiger partial charge in [0, 0.05) is 5.56 Å². The molecule has 1 atom stereocenters. The first kappa shape index (κ1) is 13.2. The van der Waals surface area contributed by atoms with Gasteiger partial charge in [0.05, 0.1) is 29.8 Å². The van der Waals surface area contributed by atoms with Gasteiger partial charge in [0.15, 0.2) is 5.49 Å². The van der Waals surface area contributed by atoms with Crippen LogP contribution in [0.25, 0.3) is 0 Å². The standard InChI is InChI=1S/C10H15N3O4/c1-3-8(6-14)11-10-4-9(13(16)17)7(2)5-12(10)15/h4-5,8,14-15H,3,6H2,1-2H3/t8-/m0/s1. The summed E-state index contributed by atoms with van der Waals surface area (Å²) in [6, 6.07) is 0.809. The van der Waals surface area contributed by atoms with E-state index in [1.807, 2.05) is 6.92 Å². The fourth-order valence-corrected chi connectivity index (χ4v) is 1.36. The summed E-state index contributed by atoms with van der Waals surface area (Å²) in [6.45, 7) is 3.19. The Hall–Kier alpha value is -1.89. The summed E-state index contributed by atoms with van der Waals surface area (Å²) in [7, 11) is 0. The average molecular weight is 241 g/mol. The van der Waals surface area contributed by atoms with Crippen LogP contribution in [0.3, 0.4) is 0 Å². The smallest absolute Gasteiger partial charge is 0.277 e. The van der Waals surface area contributed by atoms with E-state index in [1.165, 1.54) is 19.2 Å². The minimum absolute atomic E-state index is 0.0585. The number of aromatic nitrogens is 1. The third kappa shape index (κ3) is 3.04. The van der Waals surface area contributed by atoms with Crippen LogP contribution in [0, 0.1) is 17.0 Å². The zero-order valence-corrected chi connectivity index (χ0v) is 9.70. The number of hydrogen-bond acceptors (Lipinski definition) is 5. The number of nitro groups is 1. The normalized spacial score (nSPS) is 13.7. The largest absolute Gasteiger partial charge is 0.427 e. The fourth-order valence-electron chi connectivity index (χ4n) is 1.36. The minimum Gasteiger partial charge on any atom is -0.427 e. The molecule has 0 saturated carbocycles. The van der Waals surface area contributed by atoms with Gasteiger partial charge in [-0.05, 0) is 13.3 Å². The van der Waals surface area contributed by atoms with Crippen LogP contribution in [0.4, 0.5) is 5.69 Å². The zero-order valence-electron chi connectivity index (χ0n) is 9.70. The quantitative estimate of drug-likeness (QED) is 0.458. The maximum atomic E-state index is 10.7. The van der Waals surface area contributed by atoms with Gasteiger partial charge in [-0.1, -0.05) is 6.92 Å². The van der Waals surface area contributed by atoms with Gasteiger partial charge in [-0.2, -0.15) is 4.73 Å². The molecule has 1 rings (SSSR count). The first-order valence-electron chi connectivity index (χ1n) is 5.21. The van der Waals surface area contributed by atoms with E-state index in [1.54, 1.807) is 0 Å². The monoisotopic (exact) mass is 241 g/mol. The second-order valence-corrected chi connectivity index (χ2v) is 3.68. The van der Waals surface area contributed by atoms with E-state index in [-0.39, 0.29) is 23.8 Å². The van der Waals surface area contributed by atoms with Crippen molar-refractivity contribution in [3.05, 3.63) is 33.4 Å². The van der Waals surface area contributed by atoms with Crippen LogP contribution in [0.1, 0.15) is 18.9 Å². The number of hydrogen-bond donors (Lipinski definition) is 2. The molecule has 0 fully saturated rings. The molecule has 0 radical (unpaired) electrons. The minimum atomic E-state index is -0.533. The lowest BCUT2D eigenvalue weighted by molar-refractivity contribution is -0.385. The summed E-state index contributed by atoms with van der Waals surface area (Å²) in [6.07, 6.45) is 1.80. The molecule has 1 aromatic heterocycles. The molecule has 2 N–H and O–H groups in total. The van der Waals surface area contributed by atoms with E-state index >= 15 is 0 Å². The number of nitrogens with zero attached hydrogens (tertiary/aromatic N) is 3. The molecule has 0 saturated heterocycles. The second kappa shape index (κ2) is 5.44.